The molecule has 1 N–H and O–H groups in total. The van der Waals surface area contributed by atoms with Crippen molar-refractivity contribution in [2.24, 2.45) is 0 Å². The monoisotopic (exact) mass is 447 g/mol. The Morgan fingerprint density at radius 1 is 1.10 bits per heavy atom. The standard InChI is InChI=1S/C22H20F3N3O2S/c1-3-30-17-11-9-16(10-12-17)26-20(29)14(2)31-21-27-18(15-7-5-4-6-8-15)13-19(28-21)22(23,24)25/h4-14H,3H2,1-2H3,(H,26,29)/t14-/m0/s1. The number of ether oxygens (including phenoxy) is 1. The fraction of sp³-hybridized carbons (Fsp3) is 0.227. The van der Waals surface area contributed by atoms with E-state index in [0.717, 1.165) is 17.8 Å². The number of aromatic nitrogens is 2. The third-order valence-corrected chi connectivity index (χ3v) is 5.11. The molecule has 3 rings (SSSR count). The molecule has 0 aliphatic heterocycles. The van der Waals surface area contributed by atoms with Gasteiger partial charge >= 0.3 is 6.18 Å². The van der Waals surface area contributed by atoms with Crippen LogP contribution in [0.3, 0.4) is 0 Å². The van der Waals surface area contributed by atoms with Crippen molar-refractivity contribution in [2.75, 3.05) is 11.9 Å². The molecule has 1 aromatic heterocycles. The number of carbonyl (C=O) groups is 1. The number of alkyl halides is 3. The van der Waals surface area contributed by atoms with Gasteiger partial charge in [-0.2, -0.15) is 13.2 Å². The number of halogens is 3. The molecule has 0 radical (unpaired) electrons. The minimum atomic E-state index is -4.63. The number of hydrogen-bond acceptors (Lipinski definition) is 5. The van der Waals surface area contributed by atoms with Crippen LogP contribution in [0, 0.1) is 0 Å². The van der Waals surface area contributed by atoms with E-state index in [1.54, 1.807) is 61.5 Å². The second kappa shape index (κ2) is 9.82. The van der Waals surface area contributed by atoms with E-state index in [9.17, 15) is 18.0 Å². The van der Waals surface area contributed by atoms with E-state index in [4.69, 9.17) is 4.74 Å². The summed E-state index contributed by atoms with van der Waals surface area (Å²) < 4.78 is 45.4. The van der Waals surface area contributed by atoms with E-state index in [-0.39, 0.29) is 16.8 Å². The Morgan fingerprint density at radius 3 is 2.39 bits per heavy atom. The van der Waals surface area contributed by atoms with E-state index in [1.807, 2.05) is 6.92 Å². The molecule has 31 heavy (non-hydrogen) atoms. The zero-order valence-electron chi connectivity index (χ0n) is 16.8. The molecule has 0 aliphatic rings. The molecule has 1 atom stereocenters. The molecule has 0 fully saturated rings. The van der Waals surface area contributed by atoms with Crippen molar-refractivity contribution in [2.45, 2.75) is 30.4 Å². The highest BCUT2D eigenvalue weighted by Gasteiger charge is 2.34. The van der Waals surface area contributed by atoms with Gasteiger partial charge in [0.15, 0.2) is 5.16 Å². The zero-order valence-corrected chi connectivity index (χ0v) is 17.6. The Kier molecular flexibility index (Phi) is 7.17. The summed E-state index contributed by atoms with van der Waals surface area (Å²) >= 11 is 0.862. The van der Waals surface area contributed by atoms with E-state index < -0.39 is 17.1 Å². The first-order valence-electron chi connectivity index (χ1n) is 9.48. The number of thioether (sulfide) groups is 1. The summed E-state index contributed by atoms with van der Waals surface area (Å²) in [6, 6.07) is 16.2. The van der Waals surface area contributed by atoms with Crippen molar-refractivity contribution >= 4 is 23.4 Å². The van der Waals surface area contributed by atoms with Gasteiger partial charge in [-0.15, -0.1) is 0 Å². The Bertz CT molecular complexity index is 1030. The van der Waals surface area contributed by atoms with Gasteiger partial charge in [0, 0.05) is 11.3 Å². The molecule has 5 nitrogen and oxygen atoms in total. The fourth-order valence-electron chi connectivity index (χ4n) is 2.64. The van der Waals surface area contributed by atoms with Gasteiger partial charge in [-0.05, 0) is 44.2 Å². The minimum Gasteiger partial charge on any atom is -0.494 e. The van der Waals surface area contributed by atoms with Gasteiger partial charge in [0.1, 0.15) is 11.4 Å². The highest BCUT2D eigenvalue weighted by molar-refractivity contribution is 8.00. The second-order valence-corrected chi connectivity index (χ2v) is 7.80. The van der Waals surface area contributed by atoms with Crippen molar-refractivity contribution in [3.05, 3.63) is 66.4 Å². The molecule has 0 saturated heterocycles. The average Bonchev–Trinajstić information content (AvgIpc) is 2.75. The number of nitrogens with zero attached hydrogens (tertiary/aromatic N) is 2. The lowest BCUT2D eigenvalue weighted by Crippen LogP contribution is -2.23. The van der Waals surface area contributed by atoms with Crippen molar-refractivity contribution < 1.29 is 22.7 Å². The SMILES string of the molecule is CCOc1ccc(NC(=O)[C@H](C)Sc2nc(-c3ccccc3)cc(C(F)(F)F)n2)cc1. The summed E-state index contributed by atoms with van der Waals surface area (Å²) in [7, 11) is 0. The maximum Gasteiger partial charge on any atom is 0.433 e. The Balaban J connectivity index is 1.77. The molecule has 1 heterocycles. The second-order valence-electron chi connectivity index (χ2n) is 6.49. The lowest BCUT2D eigenvalue weighted by Gasteiger charge is -2.14. The third kappa shape index (κ3) is 6.21. The zero-order chi connectivity index (χ0) is 22.4. The Labute approximate surface area is 182 Å². The van der Waals surface area contributed by atoms with E-state index in [2.05, 4.69) is 15.3 Å². The normalized spacial score (nSPS) is 12.3. The van der Waals surface area contributed by atoms with Crippen LogP contribution in [0.4, 0.5) is 18.9 Å². The smallest absolute Gasteiger partial charge is 0.433 e. The van der Waals surface area contributed by atoms with Crippen LogP contribution >= 0.6 is 11.8 Å². The Hall–Kier alpha value is -3.07. The van der Waals surface area contributed by atoms with Crippen LogP contribution in [0.1, 0.15) is 19.5 Å². The molecule has 0 bridgehead atoms. The van der Waals surface area contributed by atoms with Crippen LogP contribution in [-0.2, 0) is 11.0 Å². The van der Waals surface area contributed by atoms with Crippen LogP contribution in [0.5, 0.6) is 5.75 Å². The van der Waals surface area contributed by atoms with Gasteiger partial charge in [-0.25, -0.2) is 9.97 Å². The first-order chi connectivity index (χ1) is 14.8. The van der Waals surface area contributed by atoms with Crippen LogP contribution in [0.2, 0.25) is 0 Å². The average molecular weight is 447 g/mol. The number of rotatable bonds is 7. The number of carbonyl (C=O) groups excluding carboxylic acids is 1. The predicted octanol–water partition coefficient (Wildman–Crippen LogP) is 5.68. The molecular weight excluding hydrogens is 427 g/mol. The fourth-order valence-corrected chi connectivity index (χ4v) is 3.42. The molecule has 162 valence electrons. The van der Waals surface area contributed by atoms with Crippen molar-refractivity contribution in [1.82, 2.24) is 9.97 Å². The van der Waals surface area contributed by atoms with Gasteiger partial charge in [-0.1, -0.05) is 42.1 Å². The molecule has 0 spiro atoms. The highest BCUT2D eigenvalue weighted by atomic mass is 32.2. The summed E-state index contributed by atoms with van der Waals surface area (Å²) in [5.41, 5.74) is 0.173. The van der Waals surface area contributed by atoms with Crippen LogP contribution in [0.15, 0.2) is 65.8 Å². The van der Waals surface area contributed by atoms with E-state index >= 15 is 0 Å². The lowest BCUT2D eigenvalue weighted by atomic mass is 10.1. The quantitative estimate of drug-likeness (QED) is 0.373. The molecular formula is C22H20F3N3O2S. The van der Waals surface area contributed by atoms with E-state index in [0.29, 0.717) is 23.6 Å². The molecule has 9 heteroatoms. The largest absolute Gasteiger partial charge is 0.494 e. The lowest BCUT2D eigenvalue weighted by molar-refractivity contribution is -0.141. The first kappa shape index (κ1) is 22.6. The summed E-state index contributed by atoms with van der Waals surface area (Å²) in [4.78, 5) is 20.4. The van der Waals surface area contributed by atoms with Crippen LogP contribution in [0.25, 0.3) is 11.3 Å². The molecule has 0 aliphatic carbocycles. The van der Waals surface area contributed by atoms with Gasteiger partial charge in [0.05, 0.1) is 17.6 Å². The number of hydrogen-bond donors (Lipinski definition) is 1. The summed E-state index contributed by atoms with van der Waals surface area (Å²) in [6.45, 7) is 3.98. The van der Waals surface area contributed by atoms with Crippen LogP contribution in [-0.4, -0.2) is 27.7 Å². The predicted molar refractivity (Wildman–Crippen MR) is 114 cm³/mol. The van der Waals surface area contributed by atoms with E-state index in [1.165, 1.54) is 0 Å². The Morgan fingerprint density at radius 2 is 1.77 bits per heavy atom. The number of nitrogens with one attached hydrogen (secondary N) is 1. The minimum absolute atomic E-state index is 0.122. The molecule has 0 saturated carbocycles. The number of amides is 1. The first-order valence-corrected chi connectivity index (χ1v) is 10.4. The summed E-state index contributed by atoms with van der Waals surface area (Å²) in [6.07, 6.45) is -4.63. The highest BCUT2D eigenvalue weighted by Crippen LogP contribution is 2.33. The van der Waals surface area contributed by atoms with Gasteiger partial charge in [0.2, 0.25) is 5.91 Å². The molecule has 3 aromatic rings. The van der Waals surface area contributed by atoms with Crippen molar-refractivity contribution in [3.8, 4) is 17.0 Å². The molecule has 2 aromatic carbocycles. The maximum atomic E-state index is 13.3. The molecule has 1 amide bonds. The van der Waals surface area contributed by atoms with Crippen molar-refractivity contribution in [3.63, 3.8) is 0 Å². The van der Waals surface area contributed by atoms with Crippen molar-refractivity contribution in [1.29, 1.82) is 0 Å². The molecule has 0 unspecified atom stereocenters. The van der Waals surface area contributed by atoms with Gasteiger partial charge in [-0.3, -0.25) is 4.79 Å². The summed E-state index contributed by atoms with van der Waals surface area (Å²) in [5, 5.41) is 1.88. The van der Waals surface area contributed by atoms with Gasteiger partial charge in [0.25, 0.3) is 0 Å². The third-order valence-electron chi connectivity index (χ3n) is 4.15. The van der Waals surface area contributed by atoms with Crippen LogP contribution < -0.4 is 10.1 Å². The summed E-state index contributed by atoms with van der Waals surface area (Å²) in [5.74, 6) is 0.296. The number of benzene rings is 2. The number of anilines is 1. The topological polar surface area (TPSA) is 64.1 Å². The maximum absolute atomic E-state index is 13.3. The van der Waals surface area contributed by atoms with Gasteiger partial charge < -0.3 is 10.1 Å².